The third kappa shape index (κ3) is 6.71. The van der Waals surface area contributed by atoms with Gasteiger partial charge in [-0.05, 0) is 30.6 Å². The molecule has 7 heteroatoms. The van der Waals surface area contributed by atoms with E-state index in [1.54, 1.807) is 12.1 Å². The van der Waals surface area contributed by atoms with E-state index < -0.39 is 4.92 Å². The van der Waals surface area contributed by atoms with Crippen molar-refractivity contribution in [2.45, 2.75) is 39.5 Å². The van der Waals surface area contributed by atoms with Crippen molar-refractivity contribution in [1.82, 2.24) is 10.7 Å². The lowest BCUT2D eigenvalue weighted by Gasteiger charge is -2.17. The van der Waals surface area contributed by atoms with Gasteiger partial charge in [0, 0.05) is 18.7 Å². The Kier molecular flexibility index (Phi) is 8.21. The molecule has 0 unspecified atom stereocenters. The largest absolute Gasteiger partial charge is 0.361 e. The Morgan fingerprint density at radius 1 is 1.41 bits per heavy atom. The lowest BCUT2D eigenvalue weighted by Crippen LogP contribution is -2.40. The zero-order chi connectivity index (χ0) is 16.4. The highest BCUT2D eigenvalue weighted by atomic mass is 32.1. The number of rotatable bonds is 9. The monoisotopic (exact) mass is 324 g/mol. The van der Waals surface area contributed by atoms with Gasteiger partial charge in [-0.15, -0.1) is 0 Å². The second-order valence-corrected chi connectivity index (χ2v) is 5.59. The number of benzene rings is 1. The quantitative estimate of drug-likeness (QED) is 0.366. The molecule has 0 fully saturated rings. The van der Waals surface area contributed by atoms with Crippen LogP contribution in [0.5, 0.6) is 0 Å². The lowest BCUT2D eigenvalue weighted by molar-refractivity contribution is -0.384. The first kappa shape index (κ1) is 18.2. The highest BCUT2D eigenvalue weighted by molar-refractivity contribution is 7.80. The van der Waals surface area contributed by atoms with Gasteiger partial charge < -0.3 is 5.32 Å². The second-order valence-electron chi connectivity index (χ2n) is 5.18. The molecule has 0 amide bonds. The molecule has 0 aliphatic carbocycles. The maximum atomic E-state index is 10.7. The summed E-state index contributed by atoms with van der Waals surface area (Å²) in [5.41, 5.74) is 6.35. The van der Waals surface area contributed by atoms with Gasteiger partial charge in [0.05, 0.1) is 10.6 Å². The third-order valence-corrected chi connectivity index (χ3v) is 3.72. The van der Waals surface area contributed by atoms with Crippen molar-refractivity contribution in [1.29, 1.82) is 0 Å². The molecule has 3 N–H and O–H groups in total. The van der Waals surface area contributed by atoms with E-state index in [4.69, 9.17) is 12.2 Å². The Labute approximate surface area is 136 Å². The van der Waals surface area contributed by atoms with Crippen molar-refractivity contribution in [3.8, 4) is 0 Å². The SMILES string of the molecule is CCCC[C@H](CC)CNC(=S)NNc1cccc([N+](=O)[O-])c1. The normalized spacial score (nSPS) is 11.5. The maximum Gasteiger partial charge on any atom is 0.271 e. The Bertz CT molecular complexity index is 496. The number of hydrazine groups is 1. The van der Waals surface area contributed by atoms with Gasteiger partial charge in [-0.2, -0.15) is 0 Å². The van der Waals surface area contributed by atoms with Gasteiger partial charge in [0.1, 0.15) is 0 Å². The minimum atomic E-state index is -0.429. The molecule has 6 nitrogen and oxygen atoms in total. The highest BCUT2D eigenvalue weighted by Crippen LogP contribution is 2.16. The first-order chi connectivity index (χ1) is 10.6. The fourth-order valence-electron chi connectivity index (χ4n) is 2.05. The summed E-state index contributed by atoms with van der Waals surface area (Å²) in [4.78, 5) is 10.3. The number of nitrogens with one attached hydrogen (secondary N) is 3. The number of nitrogens with zero attached hydrogens (tertiary/aromatic N) is 1. The van der Waals surface area contributed by atoms with Crippen molar-refractivity contribution >= 4 is 28.7 Å². The van der Waals surface area contributed by atoms with Crippen molar-refractivity contribution < 1.29 is 4.92 Å². The molecule has 0 aliphatic rings. The summed E-state index contributed by atoms with van der Waals surface area (Å²) in [5.74, 6) is 0.609. The fourth-order valence-corrected chi connectivity index (χ4v) is 2.19. The van der Waals surface area contributed by atoms with Crippen LogP contribution in [0, 0.1) is 16.0 Å². The van der Waals surface area contributed by atoms with Gasteiger partial charge in [-0.25, -0.2) is 0 Å². The molecule has 0 spiro atoms. The average molecular weight is 324 g/mol. The van der Waals surface area contributed by atoms with Crippen molar-refractivity contribution in [3.63, 3.8) is 0 Å². The molecule has 0 aromatic heterocycles. The minimum Gasteiger partial charge on any atom is -0.361 e. The molecule has 1 aromatic carbocycles. The molecule has 0 aliphatic heterocycles. The van der Waals surface area contributed by atoms with E-state index in [9.17, 15) is 10.1 Å². The molecule has 1 aromatic rings. The number of unbranched alkanes of at least 4 members (excludes halogenated alkanes) is 1. The number of nitro groups is 1. The topological polar surface area (TPSA) is 79.2 Å². The van der Waals surface area contributed by atoms with E-state index in [1.165, 1.54) is 31.4 Å². The summed E-state index contributed by atoms with van der Waals surface area (Å²) in [6.07, 6.45) is 4.74. The van der Waals surface area contributed by atoms with Crippen LogP contribution in [-0.4, -0.2) is 16.6 Å². The first-order valence-electron chi connectivity index (χ1n) is 7.61. The molecule has 0 radical (unpaired) electrons. The summed E-state index contributed by atoms with van der Waals surface area (Å²) in [6.45, 7) is 5.20. The van der Waals surface area contributed by atoms with Crippen LogP contribution in [0.15, 0.2) is 24.3 Å². The van der Waals surface area contributed by atoms with Crippen molar-refractivity contribution in [2.24, 2.45) is 5.92 Å². The molecule has 0 bridgehead atoms. The second kappa shape index (κ2) is 9.94. The zero-order valence-electron chi connectivity index (χ0n) is 13.1. The Morgan fingerprint density at radius 3 is 2.82 bits per heavy atom. The Balaban J connectivity index is 2.36. The maximum absolute atomic E-state index is 10.7. The number of thiocarbonyl (C=S) groups is 1. The van der Waals surface area contributed by atoms with Crippen LogP contribution >= 0.6 is 12.2 Å². The molecule has 0 saturated carbocycles. The highest BCUT2D eigenvalue weighted by Gasteiger charge is 2.07. The van der Waals surface area contributed by atoms with Crippen LogP contribution in [0.3, 0.4) is 0 Å². The van der Waals surface area contributed by atoms with Crippen LogP contribution in [0.4, 0.5) is 11.4 Å². The molecule has 0 saturated heterocycles. The number of nitro benzene ring substituents is 1. The van der Waals surface area contributed by atoms with Gasteiger partial charge in [0.2, 0.25) is 0 Å². The number of hydrogen-bond acceptors (Lipinski definition) is 4. The van der Waals surface area contributed by atoms with Gasteiger partial charge in [-0.1, -0.05) is 39.2 Å². The van der Waals surface area contributed by atoms with Crippen LogP contribution in [-0.2, 0) is 0 Å². The number of non-ortho nitro benzene ring substituents is 1. The molecular weight excluding hydrogens is 300 g/mol. The van der Waals surface area contributed by atoms with Crippen LogP contribution in [0.2, 0.25) is 0 Å². The zero-order valence-corrected chi connectivity index (χ0v) is 13.9. The number of hydrogen-bond donors (Lipinski definition) is 3. The molecular formula is C15H24N4O2S. The van der Waals surface area contributed by atoms with Crippen molar-refractivity contribution in [2.75, 3.05) is 12.0 Å². The molecule has 22 heavy (non-hydrogen) atoms. The summed E-state index contributed by atoms with van der Waals surface area (Å²) in [5, 5.41) is 14.4. The minimum absolute atomic E-state index is 0.0382. The third-order valence-electron chi connectivity index (χ3n) is 3.47. The van der Waals surface area contributed by atoms with E-state index in [1.807, 2.05) is 0 Å². The lowest BCUT2D eigenvalue weighted by atomic mass is 9.99. The summed E-state index contributed by atoms with van der Waals surface area (Å²) in [6, 6.07) is 6.25. The molecule has 122 valence electrons. The predicted octanol–water partition coefficient (Wildman–Crippen LogP) is 3.60. The van der Waals surface area contributed by atoms with Crippen LogP contribution in [0.25, 0.3) is 0 Å². The van der Waals surface area contributed by atoms with Crippen molar-refractivity contribution in [3.05, 3.63) is 34.4 Å². The summed E-state index contributed by atoms with van der Waals surface area (Å²) >= 11 is 5.20. The molecule has 1 rings (SSSR count). The van der Waals surface area contributed by atoms with Crippen LogP contribution < -0.4 is 16.2 Å². The summed E-state index contributed by atoms with van der Waals surface area (Å²) < 4.78 is 0. The number of anilines is 1. The Morgan fingerprint density at radius 2 is 2.18 bits per heavy atom. The van der Waals surface area contributed by atoms with E-state index >= 15 is 0 Å². The van der Waals surface area contributed by atoms with Gasteiger partial charge in [0.25, 0.3) is 5.69 Å². The fraction of sp³-hybridized carbons (Fsp3) is 0.533. The van der Waals surface area contributed by atoms with E-state index in [2.05, 4.69) is 30.0 Å². The van der Waals surface area contributed by atoms with Gasteiger partial charge in [0.15, 0.2) is 5.11 Å². The summed E-state index contributed by atoms with van der Waals surface area (Å²) in [7, 11) is 0. The van der Waals surface area contributed by atoms with E-state index in [-0.39, 0.29) is 5.69 Å². The van der Waals surface area contributed by atoms with Gasteiger partial charge >= 0.3 is 0 Å². The van der Waals surface area contributed by atoms with E-state index in [0.717, 1.165) is 13.0 Å². The van der Waals surface area contributed by atoms with Crippen LogP contribution in [0.1, 0.15) is 39.5 Å². The van der Waals surface area contributed by atoms with Gasteiger partial charge in [-0.3, -0.25) is 21.0 Å². The first-order valence-corrected chi connectivity index (χ1v) is 8.02. The van der Waals surface area contributed by atoms with E-state index in [0.29, 0.717) is 16.7 Å². The predicted molar refractivity (Wildman–Crippen MR) is 93.8 cm³/mol. The standard InChI is InChI=1S/C15H24N4O2S/c1-3-5-7-12(4-2)11-16-15(22)18-17-13-8-6-9-14(10-13)19(20)21/h6,8-10,12,17H,3-5,7,11H2,1-2H3,(H2,16,18,22)/t12-/m0/s1. The Hall–Kier alpha value is -1.89. The molecule has 1 atom stereocenters. The smallest absolute Gasteiger partial charge is 0.271 e. The molecule has 0 heterocycles. The average Bonchev–Trinajstić information content (AvgIpc) is 2.53.